The smallest absolute Gasteiger partial charge is 0.193 e. The van der Waals surface area contributed by atoms with Gasteiger partial charge in [0.1, 0.15) is 0 Å². The highest BCUT2D eigenvalue weighted by atomic mass is 32.1. The summed E-state index contributed by atoms with van der Waals surface area (Å²) in [6, 6.07) is 10.4. The lowest BCUT2D eigenvalue weighted by Crippen LogP contribution is -2.23. The van der Waals surface area contributed by atoms with Crippen molar-refractivity contribution in [1.29, 1.82) is 0 Å². The van der Waals surface area contributed by atoms with Gasteiger partial charge < -0.3 is 11.1 Å². The second kappa shape index (κ2) is 7.27. The molecule has 0 saturated heterocycles. The van der Waals surface area contributed by atoms with Crippen molar-refractivity contribution in [2.45, 2.75) is 32.6 Å². The molecule has 1 aromatic heterocycles. The Morgan fingerprint density at radius 1 is 1.24 bits per heavy atom. The molecule has 2 aromatic rings. The lowest BCUT2D eigenvalue weighted by atomic mass is 10.0. The van der Waals surface area contributed by atoms with Crippen LogP contribution in [0.15, 0.2) is 46.1 Å². The zero-order chi connectivity index (χ0) is 15.2. The quantitative estimate of drug-likeness (QED) is 0.635. The molecule has 2 rings (SSSR count). The summed E-state index contributed by atoms with van der Waals surface area (Å²) < 4.78 is 0. The Morgan fingerprint density at radius 2 is 2.05 bits per heavy atom. The van der Waals surface area contributed by atoms with E-state index in [9.17, 15) is 0 Å². The molecule has 0 spiro atoms. The summed E-state index contributed by atoms with van der Waals surface area (Å²) in [7, 11) is 0. The van der Waals surface area contributed by atoms with E-state index in [1.807, 2.05) is 12.1 Å². The van der Waals surface area contributed by atoms with Crippen molar-refractivity contribution in [2.24, 2.45) is 10.7 Å². The third-order valence-corrected chi connectivity index (χ3v) is 4.17. The molecule has 112 valence electrons. The molecule has 1 unspecified atom stereocenters. The number of aliphatic imine (C=N–C) groups is 1. The van der Waals surface area contributed by atoms with E-state index in [2.05, 4.69) is 60.0 Å². The molecule has 1 atom stereocenters. The zero-order valence-corrected chi connectivity index (χ0v) is 13.7. The molecule has 4 heteroatoms. The molecule has 0 aliphatic rings. The van der Waals surface area contributed by atoms with Crippen molar-refractivity contribution in [3.63, 3.8) is 0 Å². The van der Waals surface area contributed by atoms with Crippen molar-refractivity contribution in [3.05, 3.63) is 52.2 Å². The van der Waals surface area contributed by atoms with Gasteiger partial charge in [0.05, 0.1) is 0 Å². The maximum atomic E-state index is 5.98. The fourth-order valence-electron chi connectivity index (χ4n) is 2.06. The van der Waals surface area contributed by atoms with Crippen LogP contribution in [0.25, 0.3) is 0 Å². The van der Waals surface area contributed by atoms with Crippen molar-refractivity contribution < 1.29 is 0 Å². The van der Waals surface area contributed by atoms with E-state index >= 15 is 0 Å². The summed E-state index contributed by atoms with van der Waals surface area (Å²) >= 11 is 1.71. The summed E-state index contributed by atoms with van der Waals surface area (Å²) in [5.74, 6) is 1.36. The van der Waals surface area contributed by atoms with Gasteiger partial charge in [0.2, 0.25) is 0 Å². The van der Waals surface area contributed by atoms with Gasteiger partial charge in [-0.25, -0.2) is 0 Å². The first-order valence-corrected chi connectivity index (χ1v) is 8.19. The van der Waals surface area contributed by atoms with Crippen LogP contribution in [0.4, 0.5) is 5.69 Å². The van der Waals surface area contributed by atoms with Crippen molar-refractivity contribution >= 4 is 23.0 Å². The Balaban J connectivity index is 1.96. The summed E-state index contributed by atoms with van der Waals surface area (Å²) in [6.45, 7) is 7.22. The molecule has 0 aliphatic heterocycles. The lowest BCUT2D eigenvalue weighted by molar-refractivity contribution is 0.778. The number of hydrogen-bond donors (Lipinski definition) is 2. The van der Waals surface area contributed by atoms with Gasteiger partial charge in [-0.05, 0) is 46.0 Å². The molecule has 0 radical (unpaired) electrons. The van der Waals surface area contributed by atoms with E-state index < -0.39 is 0 Å². The van der Waals surface area contributed by atoms with E-state index in [0.717, 1.165) is 5.69 Å². The maximum Gasteiger partial charge on any atom is 0.193 e. The molecular formula is C17H23N3S. The van der Waals surface area contributed by atoms with Crippen molar-refractivity contribution in [2.75, 3.05) is 11.9 Å². The Labute approximate surface area is 130 Å². The predicted octanol–water partition coefficient (Wildman–Crippen LogP) is 4.40. The molecule has 0 bridgehead atoms. The maximum absolute atomic E-state index is 5.98. The monoisotopic (exact) mass is 301 g/mol. The SMILES string of the molecule is CC(C)c1cccc(NC(N)=NCC(C)c2ccsc2)c1. The Kier molecular flexibility index (Phi) is 5.39. The number of anilines is 1. The van der Waals surface area contributed by atoms with Crippen LogP contribution in [0, 0.1) is 0 Å². The molecule has 0 amide bonds. The second-order valence-electron chi connectivity index (χ2n) is 5.59. The predicted molar refractivity (Wildman–Crippen MR) is 93.4 cm³/mol. The highest BCUT2D eigenvalue weighted by Crippen LogP contribution is 2.19. The molecule has 0 aliphatic carbocycles. The molecule has 3 N–H and O–H groups in total. The van der Waals surface area contributed by atoms with Gasteiger partial charge in [-0.3, -0.25) is 4.99 Å². The molecule has 0 saturated carbocycles. The standard InChI is InChI=1S/C17H23N3S/c1-12(2)14-5-4-6-16(9-14)20-17(18)19-10-13(3)15-7-8-21-11-15/h4-9,11-13H,10H2,1-3H3,(H3,18,19,20). The van der Waals surface area contributed by atoms with Crippen LogP contribution in [0.3, 0.4) is 0 Å². The van der Waals surface area contributed by atoms with Crippen LogP contribution in [-0.4, -0.2) is 12.5 Å². The van der Waals surface area contributed by atoms with Gasteiger partial charge in [0, 0.05) is 18.2 Å². The Morgan fingerprint density at radius 3 is 2.71 bits per heavy atom. The van der Waals surface area contributed by atoms with Crippen LogP contribution >= 0.6 is 11.3 Å². The summed E-state index contributed by atoms with van der Waals surface area (Å²) in [4.78, 5) is 4.44. The second-order valence-corrected chi connectivity index (χ2v) is 6.37. The van der Waals surface area contributed by atoms with Gasteiger partial charge in [-0.1, -0.05) is 32.9 Å². The number of guanidine groups is 1. The largest absolute Gasteiger partial charge is 0.370 e. The van der Waals surface area contributed by atoms with E-state index in [1.54, 1.807) is 11.3 Å². The molecule has 21 heavy (non-hydrogen) atoms. The average molecular weight is 301 g/mol. The Bertz CT molecular complexity index is 588. The molecule has 3 nitrogen and oxygen atoms in total. The van der Waals surface area contributed by atoms with E-state index in [0.29, 0.717) is 24.3 Å². The van der Waals surface area contributed by atoms with Crippen LogP contribution in [0.1, 0.15) is 43.7 Å². The number of nitrogens with two attached hydrogens (primary N) is 1. The normalized spacial score (nSPS) is 13.4. The number of nitrogens with one attached hydrogen (secondary N) is 1. The summed E-state index contributed by atoms with van der Waals surface area (Å²) in [5.41, 5.74) is 9.58. The highest BCUT2D eigenvalue weighted by molar-refractivity contribution is 7.07. The van der Waals surface area contributed by atoms with Gasteiger partial charge in [-0.2, -0.15) is 11.3 Å². The minimum absolute atomic E-state index is 0.388. The van der Waals surface area contributed by atoms with Gasteiger partial charge in [0.15, 0.2) is 5.96 Å². The first kappa shape index (κ1) is 15.6. The molecular weight excluding hydrogens is 278 g/mol. The summed E-state index contributed by atoms with van der Waals surface area (Å²) in [6.07, 6.45) is 0. The molecule has 1 heterocycles. The van der Waals surface area contributed by atoms with Crippen molar-refractivity contribution in [1.82, 2.24) is 0 Å². The lowest BCUT2D eigenvalue weighted by Gasteiger charge is -2.11. The number of thiophene rings is 1. The fraction of sp³-hybridized carbons (Fsp3) is 0.353. The van der Waals surface area contributed by atoms with Crippen LogP contribution in [0.2, 0.25) is 0 Å². The van der Waals surface area contributed by atoms with Gasteiger partial charge in [-0.15, -0.1) is 0 Å². The fourth-order valence-corrected chi connectivity index (χ4v) is 2.84. The van der Waals surface area contributed by atoms with E-state index in [1.165, 1.54) is 11.1 Å². The number of rotatable bonds is 5. The minimum atomic E-state index is 0.388. The number of hydrogen-bond acceptors (Lipinski definition) is 2. The van der Waals surface area contributed by atoms with Crippen LogP contribution < -0.4 is 11.1 Å². The van der Waals surface area contributed by atoms with Crippen molar-refractivity contribution in [3.8, 4) is 0 Å². The molecule has 1 aromatic carbocycles. The highest BCUT2D eigenvalue weighted by Gasteiger charge is 2.05. The van der Waals surface area contributed by atoms with E-state index in [4.69, 9.17) is 5.73 Å². The number of benzene rings is 1. The van der Waals surface area contributed by atoms with Gasteiger partial charge in [0.25, 0.3) is 0 Å². The van der Waals surface area contributed by atoms with Crippen LogP contribution in [0.5, 0.6) is 0 Å². The average Bonchev–Trinajstić information content (AvgIpc) is 2.99. The number of nitrogens with zero attached hydrogens (tertiary/aromatic N) is 1. The van der Waals surface area contributed by atoms with E-state index in [-0.39, 0.29) is 0 Å². The zero-order valence-electron chi connectivity index (χ0n) is 12.8. The van der Waals surface area contributed by atoms with Crippen LogP contribution in [-0.2, 0) is 0 Å². The summed E-state index contributed by atoms with van der Waals surface area (Å²) in [5, 5.41) is 7.42. The first-order chi connectivity index (χ1) is 10.1. The van der Waals surface area contributed by atoms with Gasteiger partial charge >= 0.3 is 0 Å². The first-order valence-electron chi connectivity index (χ1n) is 7.25. The third-order valence-electron chi connectivity index (χ3n) is 3.47. The third kappa shape index (κ3) is 4.60. The molecule has 0 fully saturated rings. The Hall–Kier alpha value is -1.81. The minimum Gasteiger partial charge on any atom is -0.370 e. The topological polar surface area (TPSA) is 50.4 Å².